The summed E-state index contributed by atoms with van der Waals surface area (Å²) in [5.41, 5.74) is 6.79. The molecule has 0 amide bonds. The van der Waals surface area contributed by atoms with Crippen LogP contribution in [0.1, 0.15) is 67.2 Å². The van der Waals surface area contributed by atoms with Gasteiger partial charge in [-0.15, -0.1) is 0 Å². The zero-order chi connectivity index (χ0) is 19.4. The molecule has 27 heavy (non-hydrogen) atoms. The quantitative estimate of drug-likeness (QED) is 0.323. The summed E-state index contributed by atoms with van der Waals surface area (Å²) >= 11 is 0. The molecule has 1 aromatic rings. The van der Waals surface area contributed by atoms with Crippen LogP contribution in [0.2, 0.25) is 0 Å². The van der Waals surface area contributed by atoms with Crippen molar-refractivity contribution < 1.29 is 27.4 Å². The molecule has 148 valence electrons. The predicted molar refractivity (Wildman–Crippen MR) is 87.3 cm³/mol. The van der Waals surface area contributed by atoms with Gasteiger partial charge < -0.3 is 9.47 Å². The molecule has 2 aliphatic rings. The number of nitrogens with zero attached hydrogens (tertiary/aromatic N) is 5. The van der Waals surface area contributed by atoms with Gasteiger partial charge in [0.25, 0.3) is 0 Å². The second-order valence-electron chi connectivity index (χ2n) is 6.66. The van der Waals surface area contributed by atoms with Gasteiger partial charge in [0.2, 0.25) is 5.88 Å². The Morgan fingerprint density at radius 2 is 2.00 bits per heavy atom. The highest BCUT2D eigenvalue weighted by atomic mass is 19.4. The van der Waals surface area contributed by atoms with Crippen molar-refractivity contribution in [2.75, 3.05) is 6.61 Å². The van der Waals surface area contributed by atoms with Crippen molar-refractivity contribution >= 4 is 6.29 Å². The van der Waals surface area contributed by atoms with Gasteiger partial charge in [0.1, 0.15) is 11.7 Å². The summed E-state index contributed by atoms with van der Waals surface area (Å²) in [5.74, 6) is -0.269. The maximum absolute atomic E-state index is 13.4. The van der Waals surface area contributed by atoms with Crippen LogP contribution in [0.3, 0.4) is 0 Å². The summed E-state index contributed by atoms with van der Waals surface area (Å²) in [6, 6.07) is -0.506. The number of aldehydes is 1. The van der Waals surface area contributed by atoms with Crippen LogP contribution in [0.15, 0.2) is 5.11 Å². The highest BCUT2D eigenvalue weighted by Gasteiger charge is 2.42. The molecule has 0 aromatic carbocycles. The molecule has 1 aliphatic carbocycles. The molecule has 1 saturated heterocycles. The molecule has 3 rings (SSSR count). The Bertz CT molecular complexity index is 724. The van der Waals surface area contributed by atoms with E-state index in [1.54, 1.807) is 0 Å². The fourth-order valence-electron chi connectivity index (χ4n) is 3.53. The molecular formula is C16H20F3N5O3. The molecule has 0 radical (unpaired) electrons. The number of azide groups is 1. The zero-order valence-corrected chi connectivity index (χ0v) is 14.6. The first-order chi connectivity index (χ1) is 13.0. The first-order valence-electron chi connectivity index (χ1n) is 8.93. The van der Waals surface area contributed by atoms with E-state index < -0.39 is 35.8 Å². The average Bonchev–Trinajstić information content (AvgIpc) is 3.03. The third kappa shape index (κ3) is 4.19. The summed E-state index contributed by atoms with van der Waals surface area (Å²) in [6.45, 7) is 0.395. The van der Waals surface area contributed by atoms with E-state index in [-0.39, 0.29) is 12.2 Å². The van der Waals surface area contributed by atoms with Gasteiger partial charge in [-0.3, -0.25) is 4.79 Å². The summed E-state index contributed by atoms with van der Waals surface area (Å²) in [7, 11) is 0. The molecule has 11 heteroatoms. The lowest BCUT2D eigenvalue weighted by Gasteiger charge is -2.30. The topological polar surface area (TPSA) is 102 Å². The highest BCUT2D eigenvalue weighted by molar-refractivity contribution is 5.80. The standard InChI is InChI=1S/C16H20F3N5O3/c17-16(18,19)14-10(9-25)15(24(22-14)13-7-3-4-8-26-13)27-12-6-2-1-5-11(12)21-23-20/h9,11-13H,1-8H2/t11-,12-,13?/m1/s1. The van der Waals surface area contributed by atoms with Gasteiger partial charge in [-0.2, -0.15) is 18.3 Å². The van der Waals surface area contributed by atoms with Crippen LogP contribution in [-0.4, -0.2) is 34.8 Å². The van der Waals surface area contributed by atoms with Crippen molar-refractivity contribution in [2.45, 2.75) is 69.5 Å². The minimum atomic E-state index is -4.80. The van der Waals surface area contributed by atoms with Crippen molar-refractivity contribution in [3.63, 3.8) is 0 Å². The van der Waals surface area contributed by atoms with E-state index in [1.807, 2.05) is 0 Å². The first-order valence-corrected chi connectivity index (χ1v) is 8.93. The zero-order valence-electron chi connectivity index (χ0n) is 14.6. The molecule has 8 nitrogen and oxygen atoms in total. The van der Waals surface area contributed by atoms with E-state index >= 15 is 0 Å². The Morgan fingerprint density at radius 3 is 2.63 bits per heavy atom. The molecule has 1 unspecified atom stereocenters. The Hall–Kier alpha value is -2.26. The van der Waals surface area contributed by atoms with Crippen LogP contribution >= 0.6 is 0 Å². The average molecular weight is 387 g/mol. The fraction of sp³-hybridized carbons (Fsp3) is 0.750. The van der Waals surface area contributed by atoms with E-state index in [9.17, 15) is 18.0 Å². The lowest BCUT2D eigenvalue weighted by atomic mass is 9.93. The highest BCUT2D eigenvalue weighted by Crippen LogP contribution is 2.39. The Morgan fingerprint density at radius 1 is 1.26 bits per heavy atom. The number of rotatable bonds is 5. The Labute approximate surface area is 153 Å². The normalized spacial score (nSPS) is 26.3. The molecular weight excluding hydrogens is 367 g/mol. The Kier molecular flexibility index (Phi) is 5.91. The number of ether oxygens (including phenoxy) is 2. The van der Waals surface area contributed by atoms with Gasteiger partial charge in [0.05, 0.1) is 6.04 Å². The van der Waals surface area contributed by atoms with E-state index in [2.05, 4.69) is 15.1 Å². The molecule has 2 heterocycles. The molecule has 0 spiro atoms. The van der Waals surface area contributed by atoms with E-state index in [0.29, 0.717) is 25.9 Å². The number of hydrogen-bond donors (Lipinski definition) is 0. The van der Waals surface area contributed by atoms with Gasteiger partial charge in [0, 0.05) is 11.5 Å². The van der Waals surface area contributed by atoms with Gasteiger partial charge in [-0.1, -0.05) is 11.5 Å². The first kappa shape index (κ1) is 19.5. The molecule has 0 bridgehead atoms. The number of carbonyl (C=O) groups excluding carboxylic acids is 1. The maximum Gasteiger partial charge on any atom is 0.436 e. The van der Waals surface area contributed by atoms with E-state index in [4.69, 9.17) is 15.0 Å². The van der Waals surface area contributed by atoms with Gasteiger partial charge in [-0.25, -0.2) is 4.68 Å². The Balaban J connectivity index is 2.01. The van der Waals surface area contributed by atoms with E-state index in [0.717, 1.165) is 30.4 Å². The second kappa shape index (κ2) is 8.18. The van der Waals surface area contributed by atoms with Gasteiger partial charge >= 0.3 is 6.18 Å². The van der Waals surface area contributed by atoms with Crippen LogP contribution in [0.25, 0.3) is 10.4 Å². The number of aromatic nitrogens is 2. The van der Waals surface area contributed by atoms with Crippen molar-refractivity contribution in [2.24, 2.45) is 5.11 Å². The number of hydrogen-bond acceptors (Lipinski definition) is 5. The van der Waals surface area contributed by atoms with Crippen molar-refractivity contribution in [1.29, 1.82) is 0 Å². The van der Waals surface area contributed by atoms with Crippen molar-refractivity contribution in [1.82, 2.24) is 9.78 Å². The fourth-order valence-corrected chi connectivity index (χ4v) is 3.53. The summed E-state index contributed by atoms with van der Waals surface area (Å²) in [5, 5.41) is 7.32. The minimum Gasteiger partial charge on any atom is -0.474 e. The summed E-state index contributed by atoms with van der Waals surface area (Å²) in [6.07, 6.45) is -1.28. The SMILES string of the molecule is [N-]=[N+]=N[C@@H]1CCCC[C@H]1Oc1c(C=O)c(C(F)(F)F)nn1C1CCCCO1. The largest absolute Gasteiger partial charge is 0.474 e. The van der Waals surface area contributed by atoms with Crippen LogP contribution in [0, 0.1) is 0 Å². The van der Waals surface area contributed by atoms with Gasteiger partial charge in [-0.05, 0) is 44.1 Å². The summed E-state index contributed by atoms with van der Waals surface area (Å²) < 4.78 is 52.5. The minimum absolute atomic E-state index is 0.107. The van der Waals surface area contributed by atoms with Crippen LogP contribution in [0.4, 0.5) is 13.2 Å². The van der Waals surface area contributed by atoms with Gasteiger partial charge in [0.15, 0.2) is 18.2 Å². The summed E-state index contributed by atoms with van der Waals surface area (Å²) in [4.78, 5) is 14.3. The molecule has 0 N–H and O–H groups in total. The number of carbonyl (C=O) groups is 1. The van der Waals surface area contributed by atoms with Crippen molar-refractivity contribution in [3.05, 3.63) is 21.7 Å². The second-order valence-corrected chi connectivity index (χ2v) is 6.66. The number of halogens is 3. The molecule has 1 aromatic heterocycles. The third-order valence-electron chi connectivity index (χ3n) is 4.85. The lowest BCUT2D eigenvalue weighted by Crippen LogP contribution is -2.34. The van der Waals surface area contributed by atoms with E-state index in [1.165, 1.54) is 0 Å². The van der Waals surface area contributed by atoms with Crippen LogP contribution in [-0.2, 0) is 10.9 Å². The third-order valence-corrected chi connectivity index (χ3v) is 4.85. The van der Waals surface area contributed by atoms with Crippen LogP contribution < -0.4 is 4.74 Å². The van der Waals surface area contributed by atoms with Crippen molar-refractivity contribution in [3.8, 4) is 5.88 Å². The monoisotopic (exact) mass is 387 g/mol. The number of alkyl halides is 3. The molecule has 2 fully saturated rings. The smallest absolute Gasteiger partial charge is 0.436 e. The van der Waals surface area contributed by atoms with Crippen LogP contribution in [0.5, 0.6) is 5.88 Å². The lowest BCUT2D eigenvalue weighted by molar-refractivity contribution is -0.142. The molecule has 1 aliphatic heterocycles. The maximum atomic E-state index is 13.4. The molecule has 3 atom stereocenters. The predicted octanol–water partition coefficient (Wildman–Crippen LogP) is 4.41. The molecule has 1 saturated carbocycles.